The molecule has 0 spiro atoms. The molecule has 0 amide bonds. The van der Waals surface area contributed by atoms with Gasteiger partial charge in [0, 0.05) is 0 Å². The summed E-state index contributed by atoms with van der Waals surface area (Å²) in [4.78, 5) is 29.2. The SMILES string of the molecule is O=c1nc(SSc2ccn(O)c(=O)n2)ccn1O. The number of hydrogen-bond acceptors (Lipinski definition) is 8. The van der Waals surface area contributed by atoms with Gasteiger partial charge in [0.2, 0.25) is 0 Å². The molecule has 0 atom stereocenters. The van der Waals surface area contributed by atoms with Crippen molar-refractivity contribution in [1.29, 1.82) is 0 Å². The zero-order valence-electron chi connectivity index (χ0n) is 8.63. The van der Waals surface area contributed by atoms with E-state index >= 15 is 0 Å². The smallest absolute Gasteiger partial charge is 0.381 e. The van der Waals surface area contributed by atoms with Crippen molar-refractivity contribution in [3.63, 3.8) is 0 Å². The van der Waals surface area contributed by atoms with Gasteiger partial charge in [-0.05, 0) is 33.7 Å². The first-order chi connectivity index (χ1) is 8.56. The van der Waals surface area contributed by atoms with E-state index in [1.54, 1.807) is 0 Å². The standard InChI is InChI=1S/C8H6N4O4S2/c13-7-9-5(1-3-11(7)15)17-18-6-2-4-12(16)8(14)10-6/h1-4,15-16H. The van der Waals surface area contributed by atoms with Gasteiger partial charge in [-0.1, -0.05) is 0 Å². The maximum Gasteiger partial charge on any atom is 0.381 e. The molecule has 2 N–H and O–H groups in total. The van der Waals surface area contributed by atoms with Crippen LogP contribution >= 0.6 is 21.6 Å². The van der Waals surface area contributed by atoms with Gasteiger partial charge < -0.3 is 10.4 Å². The molecular weight excluding hydrogens is 280 g/mol. The predicted octanol–water partition coefficient (Wildman–Crippen LogP) is 0.0740. The molecule has 10 heteroatoms. The van der Waals surface area contributed by atoms with Crippen LogP contribution < -0.4 is 11.4 Å². The van der Waals surface area contributed by atoms with Gasteiger partial charge >= 0.3 is 11.4 Å². The Labute approximate surface area is 107 Å². The Balaban J connectivity index is 2.11. The lowest BCUT2D eigenvalue weighted by Crippen LogP contribution is -2.20. The molecule has 0 radical (unpaired) electrons. The van der Waals surface area contributed by atoms with E-state index in [4.69, 9.17) is 10.4 Å². The molecule has 0 aromatic carbocycles. The van der Waals surface area contributed by atoms with E-state index in [2.05, 4.69) is 9.97 Å². The highest BCUT2D eigenvalue weighted by Gasteiger charge is 2.04. The normalized spacial score (nSPS) is 10.4. The lowest BCUT2D eigenvalue weighted by Gasteiger charge is -2.00. The Kier molecular flexibility index (Phi) is 3.58. The van der Waals surface area contributed by atoms with Crippen LogP contribution in [0.25, 0.3) is 0 Å². The van der Waals surface area contributed by atoms with Crippen LogP contribution in [-0.4, -0.2) is 29.8 Å². The summed E-state index contributed by atoms with van der Waals surface area (Å²) < 4.78 is 0.722. The van der Waals surface area contributed by atoms with Gasteiger partial charge in [-0.2, -0.15) is 9.97 Å². The monoisotopic (exact) mass is 286 g/mol. The summed E-state index contributed by atoms with van der Waals surface area (Å²) in [6.45, 7) is 0. The van der Waals surface area contributed by atoms with Gasteiger partial charge in [-0.15, -0.1) is 9.46 Å². The highest BCUT2D eigenvalue weighted by Crippen LogP contribution is 2.33. The fourth-order valence-electron chi connectivity index (χ4n) is 0.940. The summed E-state index contributed by atoms with van der Waals surface area (Å²) in [5.74, 6) is 0. The third-order valence-electron chi connectivity index (χ3n) is 1.73. The van der Waals surface area contributed by atoms with Crippen molar-refractivity contribution in [3.8, 4) is 0 Å². The summed E-state index contributed by atoms with van der Waals surface area (Å²) in [5.41, 5.74) is -1.58. The zero-order valence-corrected chi connectivity index (χ0v) is 10.3. The fourth-order valence-corrected chi connectivity index (χ4v) is 2.64. The maximum absolute atomic E-state index is 11.0. The number of rotatable bonds is 3. The molecule has 0 unspecified atom stereocenters. The van der Waals surface area contributed by atoms with E-state index in [0.29, 0.717) is 19.5 Å². The van der Waals surface area contributed by atoms with Gasteiger partial charge in [0.15, 0.2) is 0 Å². The van der Waals surface area contributed by atoms with Crippen LogP contribution in [0, 0.1) is 0 Å². The predicted molar refractivity (Wildman–Crippen MR) is 63.1 cm³/mol. The number of nitrogens with zero attached hydrogens (tertiary/aromatic N) is 4. The van der Waals surface area contributed by atoms with Crippen molar-refractivity contribution in [2.24, 2.45) is 0 Å². The molecule has 2 heterocycles. The third kappa shape index (κ3) is 2.84. The Hall–Kier alpha value is -1.94. The van der Waals surface area contributed by atoms with E-state index in [-0.39, 0.29) is 0 Å². The summed E-state index contributed by atoms with van der Waals surface area (Å²) >= 11 is 0. The van der Waals surface area contributed by atoms with Crippen molar-refractivity contribution < 1.29 is 10.4 Å². The van der Waals surface area contributed by atoms with Crippen LogP contribution in [0.2, 0.25) is 0 Å². The molecular formula is C8H6N4O4S2. The lowest BCUT2D eigenvalue weighted by molar-refractivity contribution is 0.168. The lowest BCUT2D eigenvalue weighted by atomic mass is 10.7. The largest absolute Gasteiger partial charge is 0.424 e. The highest BCUT2D eigenvalue weighted by molar-refractivity contribution is 8.76. The Bertz CT molecular complexity index is 624. The quantitative estimate of drug-likeness (QED) is 0.463. The minimum atomic E-state index is -0.792. The molecule has 0 saturated carbocycles. The second-order valence-electron chi connectivity index (χ2n) is 2.95. The average Bonchev–Trinajstić information content (AvgIpc) is 2.35. The van der Waals surface area contributed by atoms with Crippen molar-refractivity contribution in [2.45, 2.75) is 10.1 Å². The van der Waals surface area contributed by atoms with Crippen LogP contribution in [0.1, 0.15) is 0 Å². The summed E-state index contributed by atoms with van der Waals surface area (Å²) in [6, 6.07) is 2.87. The van der Waals surface area contributed by atoms with Gasteiger partial charge in [-0.3, -0.25) is 0 Å². The molecule has 0 bridgehead atoms. The Morgan fingerprint density at radius 3 is 1.61 bits per heavy atom. The Morgan fingerprint density at radius 1 is 0.889 bits per heavy atom. The van der Waals surface area contributed by atoms with Gasteiger partial charge in [0.25, 0.3) is 0 Å². The van der Waals surface area contributed by atoms with Crippen molar-refractivity contribution >= 4 is 21.6 Å². The van der Waals surface area contributed by atoms with Crippen molar-refractivity contribution in [2.75, 3.05) is 0 Å². The first-order valence-electron chi connectivity index (χ1n) is 4.49. The van der Waals surface area contributed by atoms with Crippen molar-refractivity contribution in [3.05, 3.63) is 45.5 Å². The minimum absolute atomic E-state index is 0.361. The number of aromatic nitrogens is 4. The molecule has 2 rings (SSSR count). The molecule has 8 nitrogen and oxygen atoms in total. The van der Waals surface area contributed by atoms with Crippen LogP contribution in [0.15, 0.2) is 44.2 Å². The van der Waals surface area contributed by atoms with Crippen LogP contribution in [0.3, 0.4) is 0 Å². The molecule has 0 saturated heterocycles. The van der Waals surface area contributed by atoms with E-state index < -0.39 is 11.4 Å². The van der Waals surface area contributed by atoms with E-state index in [1.807, 2.05) is 0 Å². The molecule has 0 aliphatic heterocycles. The number of hydrogen-bond donors (Lipinski definition) is 2. The van der Waals surface area contributed by atoms with Gasteiger partial charge in [-0.25, -0.2) is 9.59 Å². The molecule has 18 heavy (non-hydrogen) atoms. The molecule has 0 aliphatic carbocycles. The van der Waals surface area contributed by atoms with Crippen LogP contribution in [0.5, 0.6) is 0 Å². The minimum Gasteiger partial charge on any atom is -0.424 e. The summed E-state index contributed by atoms with van der Waals surface area (Å²) in [5, 5.41) is 18.6. The van der Waals surface area contributed by atoms with Crippen LogP contribution in [-0.2, 0) is 0 Å². The third-order valence-corrected chi connectivity index (χ3v) is 3.89. The molecule has 2 aromatic heterocycles. The molecule has 94 valence electrons. The van der Waals surface area contributed by atoms with Gasteiger partial charge in [0.05, 0.1) is 12.4 Å². The molecule has 0 fully saturated rings. The molecule has 2 aromatic rings. The first kappa shape index (κ1) is 12.5. The Morgan fingerprint density at radius 2 is 1.28 bits per heavy atom. The summed E-state index contributed by atoms with van der Waals surface area (Å²) in [7, 11) is 2.20. The van der Waals surface area contributed by atoms with Crippen LogP contribution in [0.4, 0.5) is 0 Å². The molecule has 0 aliphatic rings. The average molecular weight is 286 g/mol. The first-order valence-corrected chi connectivity index (χ1v) is 6.64. The second kappa shape index (κ2) is 5.14. The van der Waals surface area contributed by atoms with Crippen molar-refractivity contribution in [1.82, 2.24) is 19.4 Å². The topological polar surface area (TPSA) is 110 Å². The zero-order chi connectivity index (χ0) is 13.1. The second-order valence-corrected chi connectivity index (χ2v) is 5.12. The van der Waals surface area contributed by atoms with E-state index in [0.717, 1.165) is 34.0 Å². The van der Waals surface area contributed by atoms with E-state index in [1.165, 1.54) is 12.1 Å². The maximum atomic E-state index is 11.0. The summed E-state index contributed by atoms with van der Waals surface area (Å²) in [6.07, 6.45) is 2.33. The fraction of sp³-hybridized carbons (Fsp3) is 0. The van der Waals surface area contributed by atoms with E-state index in [9.17, 15) is 9.59 Å². The van der Waals surface area contributed by atoms with Gasteiger partial charge in [0.1, 0.15) is 10.1 Å². The highest BCUT2D eigenvalue weighted by atomic mass is 33.1.